The molecular weight excluding hydrogens is 176 g/mol. The Balaban J connectivity index is 2.06. The molecule has 80 valence electrons. The van der Waals surface area contributed by atoms with Crippen LogP contribution in [0.2, 0.25) is 0 Å². The zero-order chi connectivity index (χ0) is 10.0. The Morgan fingerprint density at radius 3 is 2.64 bits per heavy atom. The molecule has 2 saturated heterocycles. The summed E-state index contributed by atoms with van der Waals surface area (Å²) in [5.74, 6) is 0.405. The largest absolute Gasteiger partial charge is 0.342 e. The van der Waals surface area contributed by atoms with Crippen LogP contribution >= 0.6 is 0 Å². The van der Waals surface area contributed by atoms with Crippen molar-refractivity contribution in [2.75, 3.05) is 26.2 Å². The lowest BCUT2D eigenvalue weighted by atomic mass is 9.83. The molecule has 0 aromatic rings. The summed E-state index contributed by atoms with van der Waals surface area (Å²) in [5, 5.41) is 3.32. The van der Waals surface area contributed by atoms with Crippen LogP contribution in [-0.2, 0) is 4.79 Å². The van der Waals surface area contributed by atoms with Crippen LogP contribution in [0.25, 0.3) is 0 Å². The maximum Gasteiger partial charge on any atom is 0.230 e. The van der Waals surface area contributed by atoms with Gasteiger partial charge in [0.15, 0.2) is 0 Å². The van der Waals surface area contributed by atoms with Crippen molar-refractivity contribution in [3.63, 3.8) is 0 Å². The molecule has 2 heterocycles. The lowest BCUT2D eigenvalue weighted by molar-refractivity contribution is -0.140. The van der Waals surface area contributed by atoms with Crippen molar-refractivity contribution in [2.45, 2.75) is 32.6 Å². The standard InChI is InChI=1S/C11H20N2O/c1-2-11(5-6-12-9-11)10(14)13-7-3-4-8-13/h12H,2-9H2,1H3. The Morgan fingerprint density at radius 1 is 1.43 bits per heavy atom. The van der Waals surface area contributed by atoms with Crippen LogP contribution in [-0.4, -0.2) is 37.0 Å². The Labute approximate surface area is 85.8 Å². The monoisotopic (exact) mass is 196 g/mol. The molecule has 2 aliphatic rings. The van der Waals surface area contributed by atoms with Crippen molar-refractivity contribution in [3.8, 4) is 0 Å². The number of carbonyl (C=O) groups excluding carboxylic acids is 1. The van der Waals surface area contributed by atoms with E-state index in [0.717, 1.165) is 39.0 Å². The molecule has 0 saturated carbocycles. The predicted octanol–water partition coefficient (Wildman–Crippen LogP) is 0.998. The molecule has 0 spiro atoms. The second-order valence-electron chi connectivity index (χ2n) is 4.56. The van der Waals surface area contributed by atoms with E-state index >= 15 is 0 Å². The normalized spacial score (nSPS) is 32.5. The Bertz CT molecular complexity index is 215. The van der Waals surface area contributed by atoms with E-state index in [1.165, 1.54) is 12.8 Å². The van der Waals surface area contributed by atoms with E-state index in [9.17, 15) is 4.79 Å². The average Bonchev–Trinajstić information content (AvgIpc) is 2.89. The van der Waals surface area contributed by atoms with Crippen LogP contribution < -0.4 is 5.32 Å². The van der Waals surface area contributed by atoms with Gasteiger partial charge in [0, 0.05) is 19.6 Å². The molecule has 14 heavy (non-hydrogen) atoms. The van der Waals surface area contributed by atoms with Gasteiger partial charge in [-0.3, -0.25) is 4.79 Å². The predicted molar refractivity (Wildman–Crippen MR) is 56.0 cm³/mol. The number of rotatable bonds is 2. The van der Waals surface area contributed by atoms with E-state index in [1.807, 2.05) is 0 Å². The van der Waals surface area contributed by atoms with Gasteiger partial charge in [0.1, 0.15) is 0 Å². The maximum absolute atomic E-state index is 12.3. The summed E-state index contributed by atoms with van der Waals surface area (Å²) < 4.78 is 0. The van der Waals surface area contributed by atoms with Gasteiger partial charge >= 0.3 is 0 Å². The van der Waals surface area contributed by atoms with Crippen molar-refractivity contribution in [1.82, 2.24) is 10.2 Å². The van der Waals surface area contributed by atoms with Crippen LogP contribution in [0, 0.1) is 5.41 Å². The Morgan fingerprint density at radius 2 is 2.14 bits per heavy atom. The highest BCUT2D eigenvalue weighted by molar-refractivity contribution is 5.83. The number of hydrogen-bond acceptors (Lipinski definition) is 2. The Kier molecular flexibility index (Phi) is 2.77. The van der Waals surface area contributed by atoms with E-state index in [-0.39, 0.29) is 5.41 Å². The van der Waals surface area contributed by atoms with E-state index in [0.29, 0.717) is 5.91 Å². The van der Waals surface area contributed by atoms with Gasteiger partial charge in [-0.2, -0.15) is 0 Å². The quantitative estimate of drug-likeness (QED) is 0.714. The molecule has 1 amide bonds. The summed E-state index contributed by atoms with van der Waals surface area (Å²) in [6.45, 7) is 6.01. The van der Waals surface area contributed by atoms with Crippen LogP contribution in [0.3, 0.4) is 0 Å². The minimum Gasteiger partial charge on any atom is -0.342 e. The first-order chi connectivity index (χ1) is 6.78. The van der Waals surface area contributed by atoms with Crippen LogP contribution in [0.5, 0.6) is 0 Å². The van der Waals surface area contributed by atoms with Crippen molar-refractivity contribution in [3.05, 3.63) is 0 Å². The third-order valence-corrected chi connectivity index (χ3v) is 3.77. The minimum atomic E-state index is -0.0651. The highest BCUT2D eigenvalue weighted by Crippen LogP contribution is 2.32. The molecule has 2 rings (SSSR count). The smallest absolute Gasteiger partial charge is 0.230 e. The van der Waals surface area contributed by atoms with E-state index in [4.69, 9.17) is 0 Å². The molecule has 0 aromatic heterocycles. The molecular formula is C11H20N2O. The first-order valence-corrected chi connectivity index (χ1v) is 5.79. The van der Waals surface area contributed by atoms with Gasteiger partial charge in [-0.1, -0.05) is 6.92 Å². The number of nitrogens with one attached hydrogen (secondary N) is 1. The number of carbonyl (C=O) groups is 1. The fourth-order valence-corrected chi connectivity index (χ4v) is 2.63. The highest BCUT2D eigenvalue weighted by Gasteiger charge is 2.42. The fourth-order valence-electron chi connectivity index (χ4n) is 2.63. The second kappa shape index (κ2) is 3.89. The van der Waals surface area contributed by atoms with Gasteiger partial charge in [-0.25, -0.2) is 0 Å². The maximum atomic E-state index is 12.3. The van der Waals surface area contributed by atoms with Gasteiger partial charge in [-0.05, 0) is 32.2 Å². The summed E-state index contributed by atoms with van der Waals surface area (Å²) in [4.78, 5) is 14.4. The molecule has 2 aliphatic heterocycles. The number of likely N-dealkylation sites (tertiary alicyclic amines) is 1. The van der Waals surface area contributed by atoms with Crippen LogP contribution in [0.15, 0.2) is 0 Å². The molecule has 1 N–H and O–H groups in total. The minimum absolute atomic E-state index is 0.0651. The molecule has 3 nitrogen and oxygen atoms in total. The first kappa shape index (κ1) is 9.97. The number of amides is 1. The molecule has 0 bridgehead atoms. The van der Waals surface area contributed by atoms with Gasteiger partial charge in [0.25, 0.3) is 0 Å². The van der Waals surface area contributed by atoms with Crippen molar-refractivity contribution in [1.29, 1.82) is 0 Å². The second-order valence-corrected chi connectivity index (χ2v) is 4.56. The van der Waals surface area contributed by atoms with Crippen LogP contribution in [0.4, 0.5) is 0 Å². The van der Waals surface area contributed by atoms with Crippen molar-refractivity contribution >= 4 is 5.91 Å². The lowest BCUT2D eigenvalue weighted by Crippen LogP contribution is -2.43. The SMILES string of the molecule is CCC1(C(=O)N2CCCC2)CCNC1. The van der Waals surface area contributed by atoms with E-state index in [1.54, 1.807) is 0 Å². The number of nitrogens with zero attached hydrogens (tertiary/aromatic N) is 1. The average molecular weight is 196 g/mol. The number of hydrogen-bond donors (Lipinski definition) is 1. The van der Waals surface area contributed by atoms with Gasteiger partial charge in [0.2, 0.25) is 5.91 Å². The Hall–Kier alpha value is -0.570. The van der Waals surface area contributed by atoms with Gasteiger partial charge in [0.05, 0.1) is 5.41 Å². The molecule has 0 radical (unpaired) electrons. The molecule has 1 unspecified atom stereocenters. The zero-order valence-corrected chi connectivity index (χ0v) is 9.01. The molecule has 0 aliphatic carbocycles. The van der Waals surface area contributed by atoms with Crippen LogP contribution in [0.1, 0.15) is 32.6 Å². The molecule has 2 fully saturated rings. The third kappa shape index (κ3) is 1.54. The summed E-state index contributed by atoms with van der Waals surface area (Å²) in [7, 11) is 0. The van der Waals surface area contributed by atoms with Gasteiger partial charge < -0.3 is 10.2 Å². The lowest BCUT2D eigenvalue weighted by Gasteiger charge is -2.30. The summed E-state index contributed by atoms with van der Waals surface area (Å²) in [6, 6.07) is 0. The third-order valence-electron chi connectivity index (χ3n) is 3.77. The zero-order valence-electron chi connectivity index (χ0n) is 9.01. The summed E-state index contributed by atoms with van der Waals surface area (Å²) >= 11 is 0. The van der Waals surface area contributed by atoms with E-state index < -0.39 is 0 Å². The topological polar surface area (TPSA) is 32.3 Å². The first-order valence-electron chi connectivity index (χ1n) is 5.79. The molecule has 1 atom stereocenters. The van der Waals surface area contributed by atoms with Crippen molar-refractivity contribution in [2.24, 2.45) is 5.41 Å². The fraction of sp³-hybridized carbons (Fsp3) is 0.909. The molecule has 3 heteroatoms. The van der Waals surface area contributed by atoms with E-state index in [2.05, 4.69) is 17.1 Å². The van der Waals surface area contributed by atoms with Crippen molar-refractivity contribution < 1.29 is 4.79 Å². The summed E-state index contributed by atoms with van der Waals surface area (Å²) in [6.07, 6.45) is 4.39. The highest BCUT2D eigenvalue weighted by atomic mass is 16.2. The van der Waals surface area contributed by atoms with Gasteiger partial charge in [-0.15, -0.1) is 0 Å². The summed E-state index contributed by atoms with van der Waals surface area (Å²) in [5.41, 5.74) is -0.0651. The molecule has 0 aromatic carbocycles.